The first-order valence-electron chi connectivity index (χ1n) is 6.16. The average Bonchev–Trinajstić information content (AvgIpc) is 2.62. The zero-order chi connectivity index (χ0) is 12.3. The highest BCUT2D eigenvalue weighted by atomic mass is 16.5. The fraction of sp³-hybridized carbons (Fsp3) is 0.750. The average molecular weight is 238 g/mol. The van der Waals surface area contributed by atoms with Crippen LogP contribution in [0.1, 0.15) is 11.3 Å². The summed E-state index contributed by atoms with van der Waals surface area (Å²) in [5.41, 5.74) is 2.57. The number of morpholine rings is 1. The summed E-state index contributed by atoms with van der Waals surface area (Å²) in [6, 6.07) is 0. The van der Waals surface area contributed by atoms with Gasteiger partial charge in [0.1, 0.15) is 0 Å². The molecule has 2 rings (SSSR count). The molecule has 5 heteroatoms. The molecule has 1 saturated heterocycles. The molecule has 96 valence electrons. The molecule has 0 aliphatic carbocycles. The van der Waals surface area contributed by atoms with Crippen LogP contribution in [0.4, 0.5) is 0 Å². The second kappa shape index (κ2) is 5.62. The summed E-state index contributed by atoms with van der Waals surface area (Å²) in [4.78, 5) is 2.44. The second-order valence-corrected chi connectivity index (χ2v) is 4.66. The van der Waals surface area contributed by atoms with Crippen LogP contribution in [0.2, 0.25) is 0 Å². The number of aryl methyl sites for hydroxylation is 1. The quantitative estimate of drug-likeness (QED) is 0.811. The van der Waals surface area contributed by atoms with Crippen molar-refractivity contribution >= 4 is 0 Å². The maximum absolute atomic E-state index is 5.70. The van der Waals surface area contributed by atoms with E-state index in [4.69, 9.17) is 4.74 Å². The Bertz CT molecular complexity index is 361. The number of hydrogen-bond acceptors (Lipinski definition) is 4. The molecule has 1 aromatic heterocycles. The molecule has 1 aliphatic rings. The molecule has 0 bridgehead atoms. The topological polar surface area (TPSA) is 42.3 Å². The number of likely N-dealkylation sites (N-methyl/N-ethyl adjacent to an activating group) is 1. The van der Waals surface area contributed by atoms with Gasteiger partial charge in [-0.25, -0.2) is 0 Å². The Morgan fingerprint density at radius 3 is 3.06 bits per heavy atom. The number of rotatable bonds is 4. The minimum absolute atomic E-state index is 0.311. The predicted molar refractivity (Wildman–Crippen MR) is 66.9 cm³/mol. The number of hydrogen-bond donors (Lipinski definition) is 1. The lowest BCUT2D eigenvalue weighted by atomic mass is 10.2. The molecule has 0 saturated carbocycles. The van der Waals surface area contributed by atoms with Crippen molar-refractivity contribution in [2.45, 2.75) is 19.6 Å². The molecule has 0 spiro atoms. The van der Waals surface area contributed by atoms with Crippen molar-refractivity contribution in [3.05, 3.63) is 17.5 Å². The molecule has 2 heterocycles. The predicted octanol–water partition coefficient (Wildman–Crippen LogP) is 0.149. The second-order valence-electron chi connectivity index (χ2n) is 4.66. The summed E-state index contributed by atoms with van der Waals surface area (Å²) in [6.45, 7) is 6.84. The summed E-state index contributed by atoms with van der Waals surface area (Å²) in [7, 11) is 3.95. The Morgan fingerprint density at radius 1 is 1.59 bits per heavy atom. The van der Waals surface area contributed by atoms with E-state index in [1.807, 2.05) is 25.0 Å². The van der Waals surface area contributed by atoms with E-state index in [1.165, 1.54) is 11.3 Å². The zero-order valence-corrected chi connectivity index (χ0v) is 10.9. The Balaban J connectivity index is 1.92. The molecule has 1 fully saturated rings. The molecule has 0 aromatic carbocycles. The molecule has 1 aromatic rings. The number of aromatic nitrogens is 2. The standard InChI is InChI=1S/C12H22N4O/c1-10-11(6-14-15(10)3)8-16-4-5-17-12(9-16)7-13-2/h6,12-13H,4-5,7-9H2,1-3H3. The molecular formula is C12H22N4O. The lowest BCUT2D eigenvalue weighted by Gasteiger charge is -2.32. The van der Waals surface area contributed by atoms with Crippen LogP contribution in [-0.4, -0.2) is 54.1 Å². The normalized spacial score (nSPS) is 21.9. The van der Waals surface area contributed by atoms with E-state index >= 15 is 0 Å². The Kier molecular flexibility index (Phi) is 4.15. The highest BCUT2D eigenvalue weighted by Crippen LogP contribution is 2.12. The van der Waals surface area contributed by atoms with Crippen LogP contribution < -0.4 is 5.32 Å². The van der Waals surface area contributed by atoms with Gasteiger partial charge in [0.15, 0.2) is 0 Å². The van der Waals surface area contributed by atoms with E-state index in [2.05, 4.69) is 22.2 Å². The molecule has 0 radical (unpaired) electrons. The Morgan fingerprint density at radius 2 is 2.41 bits per heavy atom. The van der Waals surface area contributed by atoms with Crippen LogP contribution in [0.25, 0.3) is 0 Å². The molecule has 17 heavy (non-hydrogen) atoms. The van der Waals surface area contributed by atoms with Crippen LogP contribution >= 0.6 is 0 Å². The maximum atomic E-state index is 5.70. The van der Waals surface area contributed by atoms with E-state index in [1.54, 1.807) is 0 Å². The minimum Gasteiger partial charge on any atom is -0.374 e. The summed E-state index contributed by atoms with van der Waals surface area (Å²) < 4.78 is 7.63. The first-order valence-corrected chi connectivity index (χ1v) is 6.16. The third-order valence-electron chi connectivity index (χ3n) is 3.39. The van der Waals surface area contributed by atoms with Crippen molar-refractivity contribution < 1.29 is 4.74 Å². The van der Waals surface area contributed by atoms with E-state index in [9.17, 15) is 0 Å². The molecule has 1 unspecified atom stereocenters. The van der Waals surface area contributed by atoms with Crippen LogP contribution in [0.15, 0.2) is 6.20 Å². The molecule has 1 aliphatic heterocycles. The van der Waals surface area contributed by atoms with Gasteiger partial charge in [-0.3, -0.25) is 9.58 Å². The molecule has 5 nitrogen and oxygen atoms in total. The van der Waals surface area contributed by atoms with Gasteiger partial charge in [0.25, 0.3) is 0 Å². The third-order valence-corrected chi connectivity index (χ3v) is 3.39. The highest BCUT2D eigenvalue weighted by molar-refractivity contribution is 5.15. The van der Waals surface area contributed by atoms with Crippen molar-refractivity contribution in [1.29, 1.82) is 0 Å². The van der Waals surface area contributed by atoms with Gasteiger partial charge >= 0.3 is 0 Å². The first kappa shape index (κ1) is 12.5. The van der Waals surface area contributed by atoms with Gasteiger partial charge in [-0.05, 0) is 14.0 Å². The van der Waals surface area contributed by atoms with Crippen molar-refractivity contribution in [3.8, 4) is 0 Å². The zero-order valence-electron chi connectivity index (χ0n) is 10.9. The van der Waals surface area contributed by atoms with Crippen molar-refractivity contribution in [3.63, 3.8) is 0 Å². The number of nitrogens with zero attached hydrogens (tertiary/aromatic N) is 3. The van der Waals surface area contributed by atoms with Gasteiger partial charge in [-0.2, -0.15) is 5.10 Å². The summed E-state index contributed by atoms with van der Waals surface area (Å²) >= 11 is 0. The Hall–Kier alpha value is -0.910. The van der Waals surface area contributed by atoms with Gasteiger partial charge in [-0.15, -0.1) is 0 Å². The molecule has 1 atom stereocenters. The van der Waals surface area contributed by atoms with Crippen LogP contribution in [-0.2, 0) is 18.3 Å². The van der Waals surface area contributed by atoms with Gasteiger partial charge < -0.3 is 10.1 Å². The highest BCUT2D eigenvalue weighted by Gasteiger charge is 2.20. The Labute approximate surface area is 103 Å². The lowest BCUT2D eigenvalue weighted by Crippen LogP contribution is -2.45. The largest absolute Gasteiger partial charge is 0.374 e. The third kappa shape index (κ3) is 3.06. The van der Waals surface area contributed by atoms with E-state index < -0.39 is 0 Å². The molecule has 0 amide bonds. The van der Waals surface area contributed by atoms with Crippen molar-refractivity contribution in [1.82, 2.24) is 20.0 Å². The van der Waals surface area contributed by atoms with E-state index in [0.717, 1.165) is 32.8 Å². The molecular weight excluding hydrogens is 216 g/mol. The van der Waals surface area contributed by atoms with Gasteiger partial charge in [0.05, 0.1) is 18.9 Å². The van der Waals surface area contributed by atoms with E-state index in [-0.39, 0.29) is 0 Å². The summed E-state index contributed by atoms with van der Waals surface area (Å²) in [6.07, 6.45) is 2.28. The number of ether oxygens (including phenoxy) is 1. The summed E-state index contributed by atoms with van der Waals surface area (Å²) in [5, 5.41) is 7.45. The smallest absolute Gasteiger partial charge is 0.0826 e. The van der Waals surface area contributed by atoms with E-state index in [0.29, 0.717) is 6.10 Å². The van der Waals surface area contributed by atoms with Gasteiger partial charge in [-0.1, -0.05) is 0 Å². The van der Waals surface area contributed by atoms with Crippen LogP contribution in [0, 0.1) is 6.92 Å². The van der Waals surface area contributed by atoms with Crippen LogP contribution in [0.3, 0.4) is 0 Å². The fourth-order valence-electron chi connectivity index (χ4n) is 2.22. The number of nitrogens with one attached hydrogen (secondary N) is 1. The fourth-order valence-corrected chi connectivity index (χ4v) is 2.22. The minimum atomic E-state index is 0.311. The maximum Gasteiger partial charge on any atom is 0.0826 e. The van der Waals surface area contributed by atoms with Gasteiger partial charge in [0, 0.05) is 44.5 Å². The summed E-state index contributed by atoms with van der Waals surface area (Å²) in [5.74, 6) is 0. The van der Waals surface area contributed by atoms with Crippen LogP contribution in [0.5, 0.6) is 0 Å². The SMILES string of the molecule is CNCC1CN(Cc2cnn(C)c2C)CCO1. The van der Waals surface area contributed by atoms with Crippen molar-refractivity contribution in [2.24, 2.45) is 7.05 Å². The molecule has 1 N–H and O–H groups in total. The first-order chi connectivity index (χ1) is 8.20. The monoisotopic (exact) mass is 238 g/mol. The van der Waals surface area contributed by atoms with Gasteiger partial charge in [0.2, 0.25) is 0 Å². The van der Waals surface area contributed by atoms with Crippen molar-refractivity contribution in [2.75, 3.05) is 33.3 Å². The lowest BCUT2D eigenvalue weighted by molar-refractivity contribution is -0.0292.